The van der Waals surface area contributed by atoms with Crippen LogP contribution < -0.4 is 5.32 Å². The van der Waals surface area contributed by atoms with Crippen molar-refractivity contribution in [3.63, 3.8) is 0 Å². The van der Waals surface area contributed by atoms with E-state index in [1.165, 1.54) is 237 Å². The first-order valence-electron chi connectivity index (χ1n) is 26.6. The molecule has 59 heavy (non-hydrogen) atoms. The van der Waals surface area contributed by atoms with E-state index in [9.17, 15) is 20.1 Å². The highest BCUT2D eigenvalue weighted by molar-refractivity contribution is 5.76. The Morgan fingerprint density at radius 2 is 0.695 bits per heavy atom. The fourth-order valence-corrected chi connectivity index (χ4v) is 8.53. The van der Waals surface area contributed by atoms with Crippen LogP contribution in [-0.4, -0.2) is 57.8 Å². The predicted molar refractivity (Wildman–Crippen MR) is 256 cm³/mol. The number of carbonyl (C=O) groups excluding carboxylic acids is 1. The summed E-state index contributed by atoms with van der Waals surface area (Å²) in [7, 11) is 0. The Morgan fingerprint density at radius 1 is 0.407 bits per heavy atom. The summed E-state index contributed by atoms with van der Waals surface area (Å²) in [5.41, 5.74) is 0. The van der Waals surface area contributed by atoms with Crippen molar-refractivity contribution in [2.24, 2.45) is 0 Å². The molecule has 0 aromatic heterocycles. The van der Waals surface area contributed by atoms with Gasteiger partial charge in [-0.2, -0.15) is 0 Å². The fraction of sp³-hybridized carbons (Fsp3) is 0.943. The van der Waals surface area contributed by atoms with Crippen LogP contribution in [0.2, 0.25) is 0 Å². The predicted octanol–water partition coefficient (Wildman–Crippen LogP) is 14.9. The van der Waals surface area contributed by atoms with Crippen LogP contribution in [0.5, 0.6) is 0 Å². The minimum atomic E-state index is -1.01. The summed E-state index contributed by atoms with van der Waals surface area (Å²) in [6, 6.07) is -0.742. The molecule has 0 aliphatic carbocycles. The Bertz CT molecular complexity index is 837. The molecule has 0 saturated heterocycles. The first-order chi connectivity index (χ1) is 29.0. The Morgan fingerprint density at radius 3 is 1.00 bits per heavy atom. The van der Waals surface area contributed by atoms with Gasteiger partial charge in [-0.1, -0.05) is 276 Å². The second kappa shape index (κ2) is 49.7. The summed E-state index contributed by atoms with van der Waals surface area (Å²) in [4.78, 5) is 12.4. The van der Waals surface area contributed by atoms with Crippen LogP contribution in [0.25, 0.3) is 0 Å². The van der Waals surface area contributed by atoms with Crippen molar-refractivity contribution < 1.29 is 25.2 Å². The number of nitrogens with one attached hydrogen (secondary N) is 1. The first kappa shape index (κ1) is 58.0. The number of amides is 1. The molecule has 0 aliphatic rings. The molecule has 0 bridgehead atoms. The fourth-order valence-electron chi connectivity index (χ4n) is 8.53. The topological polar surface area (TPSA) is 110 Å². The first-order valence-corrected chi connectivity index (χ1v) is 26.6. The van der Waals surface area contributed by atoms with Gasteiger partial charge >= 0.3 is 0 Å². The zero-order valence-corrected chi connectivity index (χ0v) is 39.6. The quantitative estimate of drug-likeness (QED) is 0.0310. The lowest BCUT2D eigenvalue weighted by Gasteiger charge is -2.20. The number of hydrogen-bond donors (Lipinski definition) is 5. The largest absolute Gasteiger partial charge is 0.396 e. The number of hydrogen-bond acceptors (Lipinski definition) is 5. The van der Waals surface area contributed by atoms with Crippen LogP contribution in [0.3, 0.4) is 0 Å². The highest BCUT2D eigenvalue weighted by Gasteiger charge is 2.18. The van der Waals surface area contributed by atoms with Gasteiger partial charge in [0.05, 0.1) is 24.9 Å². The molecular formula is C53H105NO5. The number of unbranched alkanes of at least 4 members (excludes halogenated alkanes) is 40. The molecule has 0 aliphatic heterocycles. The summed E-state index contributed by atoms with van der Waals surface area (Å²) in [5, 5.41) is 42.1. The van der Waals surface area contributed by atoms with Gasteiger partial charge in [-0.25, -0.2) is 0 Å². The van der Waals surface area contributed by atoms with Crippen LogP contribution >= 0.6 is 0 Å². The van der Waals surface area contributed by atoms with Crippen LogP contribution in [0.15, 0.2) is 12.2 Å². The van der Waals surface area contributed by atoms with Crippen LogP contribution in [0.1, 0.15) is 289 Å². The standard InChI is InChI=1S/C53H105NO5/c1-2-3-4-5-6-7-32-35-38-41-44-50(57)46-47-52(58)51(49-56)54-53(59)45-42-39-36-33-30-28-26-24-22-20-18-16-14-12-10-8-9-11-13-15-17-19-21-23-25-27-29-31-34-37-40-43-48-55/h46-47,50-52,55-58H,2-45,48-49H2,1H3,(H,54,59)/b47-46+/t50-,51+,52-/m1/s1. The van der Waals surface area contributed by atoms with Gasteiger partial charge in [-0.15, -0.1) is 0 Å². The summed E-state index contributed by atoms with van der Waals surface area (Å²) in [5.74, 6) is -0.125. The maximum atomic E-state index is 12.4. The maximum Gasteiger partial charge on any atom is 0.220 e. The molecule has 0 heterocycles. The Kier molecular flexibility index (Phi) is 48.9. The highest BCUT2D eigenvalue weighted by atomic mass is 16.3. The van der Waals surface area contributed by atoms with Crippen molar-refractivity contribution in [2.45, 2.75) is 308 Å². The smallest absolute Gasteiger partial charge is 0.220 e. The zero-order valence-electron chi connectivity index (χ0n) is 39.6. The van der Waals surface area contributed by atoms with E-state index >= 15 is 0 Å². The van der Waals surface area contributed by atoms with Gasteiger partial charge in [0.15, 0.2) is 0 Å². The van der Waals surface area contributed by atoms with Gasteiger partial charge < -0.3 is 25.7 Å². The molecule has 352 valence electrons. The summed E-state index contributed by atoms with van der Waals surface area (Å²) in [6.45, 7) is 2.28. The lowest BCUT2D eigenvalue weighted by molar-refractivity contribution is -0.123. The lowest BCUT2D eigenvalue weighted by atomic mass is 10.0. The molecule has 0 rings (SSSR count). The number of aliphatic hydroxyl groups is 4. The van der Waals surface area contributed by atoms with E-state index in [4.69, 9.17) is 5.11 Å². The Hall–Kier alpha value is -0.950. The molecule has 3 atom stereocenters. The molecular weight excluding hydrogens is 731 g/mol. The van der Waals surface area contributed by atoms with E-state index in [0.29, 0.717) is 19.4 Å². The van der Waals surface area contributed by atoms with Gasteiger partial charge in [0.1, 0.15) is 0 Å². The summed E-state index contributed by atoms with van der Waals surface area (Å²) < 4.78 is 0. The molecule has 0 radical (unpaired) electrons. The normalized spacial score (nSPS) is 13.4. The van der Waals surface area contributed by atoms with Crippen molar-refractivity contribution >= 4 is 5.91 Å². The van der Waals surface area contributed by atoms with E-state index in [1.807, 2.05) is 0 Å². The van der Waals surface area contributed by atoms with E-state index in [2.05, 4.69) is 12.2 Å². The van der Waals surface area contributed by atoms with Gasteiger partial charge in [-0.3, -0.25) is 4.79 Å². The lowest BCUT2D eigenvalue weighted by Crippen LogP contribution is -2.45. The number of rotatable bonds is 50. The van der Waals surface area contributed by atoms with Crippen molar-refractivity contribution in [3.05, 3.63) is 12.2 Å². The van der Waals surface area contributed by atoms with Crippen LogP contribution in [-0.2, 0) is 4.79 Å². The van der Waals surface area contributed by atoms with Gasteiger partial charge in [0.25, 0.3) is 0 Å². The SMILES string of the molecule is CCCCCCCCCCCC[C@@H](O)/C=C/[C@@H](O)[C@H](CO)NC(=O)CCCCCCCCCCCCCCCCCCCCCCCCCCCCCCCCCCO. The van der Waals surface area contributed by atoms with Crippen molar-refractivity contribution in [2.75, 3.05) is 13.2 Å². The Balaban J connectivity index is 3.44. The van der Waals surface area contributed by atoms with Crippen LogP contribution in [0, 0.1) is 0 Å². The van der Waals surface area contributed by atoms with Crippen molar-refractivity contribution in [1.29, 1.82) is 0 Å². The van der Waals surface area contributed by atoms with Crippen molar-refractivity contribution in [3.8, 4) is 0 Å². The third-order valence-corrected chi connectivity index (χ3v) is 12.7. The number of carbonyl (C=O) groups is 1. The average molecular weight is 836 g/mol. The molecule has 0 aromatic carbocycles. The molecule has 0 aromatic rings. The van der Waals surface area contributed by atoms with E-state index in [1.54, 1.807) is 6.08 Å². The Labute approximate surface area is 368 Å². The maximum absolute atomic E-state index is 12.4. The third-order valence-electron chi connectivity index (χ3n) is 12.7. The molecule has 0 saturated carbocycles. The van der Waals surface area contributed by atoms with Crippen molar-refractivity contribution in [1.82, 2.24) is 5.32 Å². The molecule has 5 N–H and O–H groups in total. The van der Waals surface area contributed by atoms with E-state index < -0.39 is 18.2 Å². The highest BCUT2D eigenvalue weighted by Crippen LogP contribution is 2.18. The number of aliphatic hydroxyl groups excluding tert-OH is 4. The zero-order chi connectivity index (χ0) is 43.0. The molecule has 6 heteroatoms. The molecule has 0 spiro atoms. The minimum absolute atomic E-state index is 0.125. The molecule has 1 amide bonds. The van der Waals surface area contributed by atoms with E-state index in [-0.39, 0.29) is 12.5 Å². The van der Waals surface area contributed by atoms with Gasteiger partial charge in [0.2, 0.25) is 5.91 Å². The third kappa shape index (κ3) is 46.4. The summed E-state index contributed by atoms with van der Waals surface area (Å²) in [6.07, 6.45) is 58.2. The average Bonchev–Trinajstić information content (AvgIpc) is 3.24. The molecule has 6 nitrogen and oxygen atoms in total. The van der Waals surface area contributed by atoms with E-state index in [0.717, 1.165) is 38.5 Å². The molecule has 0 fully saturated rings. The van der Waals surface area contributed by atoms with Gasteiger partial charge in [0, 0.05) is 13.0 Å². The second-order valence-electron chi connectivity index (χ2n) is 18.6. The second-order valence-corrected chi connectivity index (χ2v) is 18.6. The molecule has 0 unspecified atom stereocenters. The monoisotopic (exact) mass is 836 g/mol. The van der Waals surface area contributed by atoms with Crippen LogP contribution in [0.4, 0.5) is 0 Å². The van der Waals surface area contributed by atoms with Gasteiger partial charge in [-0.05, 0) is 19.3 Å². The minimum Gasteiger partial charge on any atom is -0.396 e. The summed E-state index contributed by atoms with van der Waals surface area (Å²) >= 11 is 0.